The third-order valence-electron chi connectivity index (χ3n) is 2.74. The average molecular weight is 265 g/mol. The quantitative estimate of drug-likeness (QED) is 0.914. The van der Waals surface area contributed by atoms with Crippen LogP contribution in [0.3, 0.4) is 0 Å². The third kappa shape index (κ3) is 3.08. The molecule has 2 rings (SSSR count). The third-order valence-corrected chi connectivity index (χ3v) is 2.74. The van der Waals surface area contributed by atoms with Crippen LogP contribution in [0.4, 0.5) is 4.39 Å². The molecule has 19 heavy (non-hydrogen) atoms. The Kier molecular flexibility index (Phi) is 3.53. The number of hydrogen-bond acceptors (Lipinski definition) is 4. The summed E-state index contributed by atoms with van der Waals surface area (Å²) in [4.78, 5) is 0. The van der Waals surface area contributed by atoms with Crippen LogP contribution in [0, 0.1) is 5.82 Å². The van der Waals surface area contributed by atoms with E-state index in [1.54, 1.807) is 26.1 Å². The summed E-state index contributed by atoms with van der Waals surface area (Å²) in [6.07, 6.45) is 1.63. The Morgan fingerprint density at radius 2 is 2.16 bits per heavy atom. The number of halogens is 1. The predicted octanol–water partition coefficient (Wildman–Crippen LogP) is 1.70. The maximum absolute atomic E-state index is 13.2. The Bertz CT molecular complexity index is 576. The van der Waals surface area contributed by atoms with Gasteiger partial charge >= 0.3 is 0 Å². The Morgan fingerprint density at radius 1 is 1.42 bits per heavy atom. The Labute approximate surface area is 110 Å². The molecule has 0 radical (unpaired) electrons. The smallest absolute Gasteiger partial charge is 0.124 e. The summed E-state index contributed by atoms with van der Waals surface area (Å²) >= 11 is 0. The minimum absolute atomic E-state index is 0.323. The van der Waals surface area contributed by atoms with Crippen LogP contribution in [0.5, 0.6) is 5.75 Å². The molecule has 102 valence electrons. The number of ether oxygens (including phenoxy) is 1. The summed E-state index contributed by atoms with van der Waals surface area (Å²) in [5, 5.41) is 17.6. The first-order chi connectivity index (χ1) is 8.90. The molecule has 1 heterocycles. The number of hydrogen-bond donors (Lipinski definition) is 1. The van der Waals surface area contributed by atoms with Gasteiger partial charge in [-0.15, -0.1) is 5.10 Å². The summed E-state index contributed by atoms with van der Waals surface area (Å²) in [5.41, 5.74) is 0.0714. The van der Waals surface area contributed by atoms with E-state index in [4.69, 9.17) is 4.74 Å². The molecule has 0 fully saturated rings. The van der Waals surface area contributed by atoms with Gasteiger partial charge in [-0.05, 0) is 32.0 Å². The van der Waals surface area contributed by atoms with Crippen molar-refractivity contribution >= 4 is 0 Å². The van der Waals surface area contributed by atoms with Crippen LogP contribution < -0.4 is 4.74 Å². The molecule has 0 aliphatic heterocycles. The minimum Gasteiger partial charge on any atom is -0.496 e. The molecule has 0 amide bonds. The van der Waals surface area contributed by atoms with Gasteiger partial charge in [0.2, 0.25) is 0 Å². The molecule has 0 spiro atoms. The summed E-state index contributed by atoms with van der Waals surface area (Å²) < 4.78 is 19.9. The maximum Gasteiger partial charge on any atom is 0.124 e. The summed E-state index contributed by atoms with van der Waals surface area (Å²) in [7, 11) is 1.53. The average Bonchev–Trinajstić information content (AvgIpc) is 2.77. The number of nitrogens with zero attached hydrogens (tertiary/aromatic N) is 3. The van der Waals surface area contributed by atoms with E-state index in [1.165, 1.54) is 23.9 Å². The zero-order chi connectivity index (χ0) is 14.0. The van der Waals surface area contributed by atoms with Crippen molar-refractivity contribution in [2.45, 2.75) is 26.0 Å². The molecule has 1 N–H and O–H groups in total. The Balaban J connectivity index is 2.26. The second kappa shape index (κ2) is 4.97. The van der Waals surface area contributed by atoms with E-state index >= 15 is 0 Å². The molecule has 0 saturated carbocycles. The van der Waals surface area contributed by atoms with E-state index in [9.17, 15) is 9.50 Å². The molecule has 6 heteroatoms. The highest BCUT2D eigenvalue weighted by molar-refractivity contribution is 5.34. The van der Waals surface area contributed by atoms with E-state index in [1.807, 2.05) is 0 Å². The molecule has 1 aromatic heterocycles. The monoisotopic (exact) mass is 265 g/mol. The van der Waals surface area contributed by atoms with Crippen molar-refractivity contribution < 1.29 is 14.2 Å². The van der Waals surface area contributed by atoms with Gasteiger partial charge in [0.15, 0.2) is 0 Å². The molecular formula is C13H16FN3O2. The molecule has 0 unspecified atom stereocenters. The molecule has 0 aliphatic carbocycles. The molecule has 0 saturated heterocycles. The zero-order valence-corrected chi connectivity index (χ0v) is 11.1. The van der Waals surface area contributed by atoms with Crippen molar-refractivity contribution in [3.8, 4) is 5.75 Å². The second-order valence-electron chi connectivity index (χ2n) is 4.82. The first-order valence-electron chi connectivity index (χ1n) is 5.85. The van der Waals surface area contributed by atoms with Crippen molar-refractivity contribution in [3.63, 3.8) is 0 Å². The summed E-state index contributed by atoms with van der Waals surface area (Å²) in [6.45, 7) is 3.58. The van der Waals surface area contributed by atoms with Crippen molar-refractivity contribution in [2.75, 3.05) is 7.11 Å². The van der Waals surface area contributed by atoms with Crippen LogP contribution in [-0.4, -0.2) is 27.2 Å². The number of aliphatic hydroxyl groups is 1. The Hall–Kier alpha value is -1.95. The topological polar surface area (TPSA) is 60.2 Å². The number of methoxy groups -OCH3 is 1. The molecular weight excluding hydrogens is 249 g/mol. The highest BCUT2D eigenvalue weighted by Gasteiger charge is 2.20. The molecule has 1 aromatic carbocycles. The number of rotatable bonds is 4. The van der Waals surface area contributed by atoms with E-state index in [-0.39, 0.29) is 5.82 Å². The Morgan fingerprint density at radius 3 is 2.74 bits per heavy atom. The first-order valence-corrected chi connectivity index (χ1v) is 5.85. The molecule has 2 aromatic rings. The molecule has 5 nitrogen and oxygen atoms in total. The van der Waals surface area contributed by atoms with Crippen LogP contribution in [0.15, 0.2) is 24.4 Å². The van der Waals surface area contributed by atoms with Gasteiger partial charge in [0, 0.05) is 5.56 Å². The number of aromatic nitrogens is 3. The van der Waals surface area contributed by atoms with E-state index in [0.29, 0.717) is 23.6 Å². The SMILES string of the molecule is COc1ccc(F)cc1Cn1cc(C(C)(C)O)nn1. The zero-order valence-electron chi connectivity index (χ0n) is 11.1. The highest BCUT2D eigenvalue weighted by Crippen LogP contribution is 2.21. The lowest BCUT2D eigenvalue weighted by atomic mass is 10.1. The van der Waals surface area contributed by atoms with Gasteiger partial charge in [-0.2, -0.15) is 0 Å². The fraction of sp³-hybridized carbons (Fsp3) is 0.385. The van der Waals surface area contributed by atoms with Crippen LogP contribution in [0.25, 0.3) is 0 Å². The van der Waals surface area contributed by atoms with Crippen molar-refractivity contribution in [1.29, 1.82) is 0 Å². The normalized spacial score (nSPS) is 11.6. The molecule has 0 aliphatic rings. The lowest BCUT2D eigenvalue weighted by Gasteiger charge is -2.12. The van der Waals surface area contributed by atoms with E-state index in [0.717, 1.165) is 0 Å². The van der Waals surface area contributed by atoms with E-state index in [2.05, 4.69) is 10.3 Å². The number of benzene rings is 1. The summed E-state index contributed by atoms with van der Waals surface area (Å²) in [5.74, 6) is 0.250. The van der Waals surface area contributed by atoms with Gasteiger partial charge < -0.3 is 9.84 Å². The minimum atomic E-state index is -1.05. The second-order valence-corrected chi connectivity index (χ2v) is 4.82. The van der Waals surface area contributed by atoms with Crippen LogP contribution in [-0.2, 0) is 12.1 Å². The molecule has 0 atom stereocenters. The largest absolute Gasteiger partial charge is 0.496 e. The van der Waals surface area contributed by atoms with Gasteiger partial charge in [-0.1, -0.05) is 5.21 Å². The van der Waals surface area contributed by atoms with Crippen molar-refractivity contribution in [2.24, 2.45) is 0 Å². The van der Waals surface area contributed by atoms with Gasteiger partial charge in [-0.3, -0.25) is 0 Å². The predicted molar refractivity (Wildman–Crippen MR) is 67.3 cm³/mol. The van der Waals surface area contributed by atoms with Crippen LogP contribution >= 0.6 is 0 Å². The van der Waals surface area contributed by atoms with E-state index < -0.39 is 5.60 Å². The lowest BCUT2D eigenvalue weighted by Crippen LogP contribution is -2.15. The van der Waals surface area contributed by atoms with Gasteiger partial charge in [0.05, 0.1) is 19.9 Å². The van der Waals surface area contributed by atoms with Crippen LogP contribution in [0.1, 0.15) is 25.1 Å². The van der Waals surface area contributed by atoms with Gasteiger partial charge in [-0.25, -0.2) is 9.07 Å². The van der Waals surface area contributed by atoms with Gasteiger partial charge in [0.1, 0.15) is 22.9 Å². The maximum atomic E-state index is 13.2. The lowest BCUT2D eigenvalue weighted by molar-refractivity contribution is 0.0737. The van der Waals surface area contributed by atoms with Crippen molar-refractivity contribution in [1.82, 2.24) is 15.0 Å². The fourth-order valence-corrected chi connectivity index (χ4v) is 1.70. The summed E-state index contributed by atoms with van der Waals surface area (Å²) in [6, 6.07) is 4.30. The highest BCUT2D eigenvalue weighted by atomic mass is 19.1. The standard InChI is InChI=1S/C13H16FN3O2/c1-13(2,18)12-8-17(16-15-12)7-9-6-10(14)4-5-11(9)19-3/h4-6,8,18H,7H2,1-3H3. The van der Waals surface area contributed by atoms with Gasteiger partial charge in [0.25, 0.3) is 0 Å². The molecule has 0 bridgehead atoms. The van der Waals surface area contributed by atoms with Crippen molar-refractivity contribution in [3.05, 3.63) is 41.5 Å². The van der Waals surface area contributed by atoms with Crippen LogP contribution in [0.2, 0.25) is 0 Å². The fourth-order valence-electron chi connectivity index (χ4n) is 1.70. The first kappa shape index (κ1) is 13.5.